The summed E-state index contributed by atoms with van der Waals surface area (Å²) < 4.78 is 4.73. The third-order valence-corrected chi connectivity index (χ3v) is 4.36. The van der Waals surface area contributed by atoms with Gasteiger partial charge in [-0.1, -0.05) is 6.07 Å². The molecule has 174 valence electrons. The predicted molar refractivity (Wildman–Crippen MR) is 113 cm³/mol. The lowest BCUT2D eigenvalue weighted by atomic mass is 10.1. The molecule has 7 N–H and O–H groups in total. The minimum atomic E-state index is -0.818. The number of aliphatic hydroxyl groups excluding tert-OH is 1. The summed E-state index contributed by atoms with van der Waals surface area (Å²) in [7, 11) is 1.24. The molecule has 1 aromatic rings. The number of benzene rings is 1. The number of hydrogen-bond acceptors (Lipinski definition) is 7. The quantitative estimate of drug-likeness (QED) is 0.132. The molecule has 0 aromatic heterocycles. The van der Waals surface area contributed by atoms with E-state index in [4.69, 9.17) is 9.84 Å². The third kappa shape index (κ3) is 10.9. The lowest BCUT2D eigenvalue weighted by Gasteiger charge is -2.17. The zero-order valence-electron chi connectivity index (χ0n) is 17.6. The molecule has 0 saturated carbocycles. The SMILES string of the molecule is COC(=O)C(CCCCNC(=O)NCCCO)NC(=O)NCCc1ccc(O)c(O)c1. The van der Waals surface area contributed by atoms with Gasteiger partial charge in [0.1, 0.15) is 6.04 Å². The van der Waals surface area contributed by atoms with Crippen LogP contribution >= 0.6 is 0 Å². The van der Waals surface area contributed by atoms with Gasteiger partial charge in [-0.05, 0) is 49.8 Å². The standard InChI is InChI=1S/C20H32N4O7/c1-31-18(28)15(5-2-3-9-21-19(29)22-10-4-12-25)24-20(30)23-11-8-14-6-7-16(26)17(27)13-14/h6-7,13,15,25-27H,2-5,8-12H2,1H3,(H2,21,22,29)(H2,23,24,30). The molecule has 1 unspecified atom stereocenters. The molecular formula is C20H32N4O7. The van der Waals surface area contributed by atoms with Crippen LogP contribution < -0.4 is 21.3 Å². The van der Waals surface area contributed by atoms with Crippen molar-refractivity contribution in [2.24, 2.45) is 0 Å². The molecule has 1 atom stereocenters. The number of amides is 4. The lowest BCUT2D eigenvalue weighted by Crippen LogP contribution is -2.47. The topological polar surface area (TPSA) is 169 Å². The average molecular weight is 440 g/mol. The normalized spacial score (nSPS) is 11.3. The number of carbonyl (C=O) groups is 3. The molecule has 0 heterocycles. The minimum absolute atomic E-state index is 0.0101. The lowest BCUT2D eigenvalue weighted by molar-refractivity contribution is -0.143. The maximum Gasteiger partial charge on any atom is 0.328 e. The summed E-state index contributed by atoms with van der Waals surface area (Å²) in [5, 5.41) is 37.9. The Morgan fingerprint density at radius 1 is 0.935 bits per heavy atom. The Morgan fingerprint density at radius 3 is 2.26 bits per heavy atom. The summed E-state index contributed by atoms with van der Waals surface area (Å²) in [6, 6.07) is 2.74. The molecular weight excluding hydrogens is 408 g/mol. The van der Waals surface area contributed by atoms with Crippen molar-refractivity contribution >= 4 is 18.0 Å². The van der Waals surface area contributed by atoms with E-state index in [1.165, 1.54) is 19.2 Å². The highest BCUT2D eigenvalue weighted by atomic mass is 16.5. The van der Waals surface area contributed by atoms with E-state index in [9.17, 15) is 24.6 Å². The first-order valence-corrected chi connectivity index (χ1v) is 10.1. The molecule has 0 aliphatic rings. The predicted octanol–water partition coefficient (Wildman–Crippen LogP) is 0.333. The Balaban J connectivity index is 2.30. The van der Waals surface area contributed by atoms with E-state index < -0.39 is 18.0 Å². The van der Waals surface area contributed by atoms with Crippen molar-refractivity contribution in [3.63, 3.8) is 0 Å². The number of esters is 1. The monoisotopic (exact) mass is 440 g/mol. The fourth-order valence-corrected chi connectivity index (χ4v) is 2.66. The van der Waals surface area contributed by atoms with Crippen LogP contribution in [0.2, 0.25) is 0 Å². The highest BCUT2D eigenvalue weighted by Gasteiger charge is 2.20. The summed E-state index contributed by atoms with van der Waals surface area (Å²) in [6.07, 6.45) is 2.44. The van der Waals surface area contributed by atoms with Gasteiger partial charge >= 0.3 is 18.0 Å². The van der Waals surface area contributed by atoms with Gasteiger partial charge in [0.2, 0.25) is 0 Å². The molecule has 0 aliphatic heterocycles. The summed E-state index contributed by atoms with van der Waals surface area (Å²) in [4.78, 5) is 35.5. The summed E-state index contributed by atoms with van der Waals surface area (Å²) in [6.45, 7) is 1.07. The molecule has 0 fully saturated rings. The van der Waals surface area contributed by atoms with Crippen molar-refractivity contribution in [1.82, 2.24) is 21.3 Å². The van der Waals surface area contributed by atoms with E-state index in [1.807, 2.05) is 0 Å². The van der Waals surface area contributed by atoms with Crippen LogP contribution in [0.5, 0.6) is 11.5 Å². The number of unbranched alkanes of at least 4 members (excludes halogenated alkanes) is 1. The minimum Gasteiger partial charge on any atom is -0.504 e. The Kier molecular flexibility index (Phi) is 12.3. The van der Waals surface area contributed by atoms with Gasteiger partial charge in [0.25, 0.3) is 0 Å². The number of phenols is 2. The van der Waals surface area contributed by atoms with Crippen LogP contribution in [0.1, 0.15) is 31.2 Å². The van der Waals surface area contributed by atoms with Crippen LogP contribution in [-0.2, 0) is 16.0 Å². The fourth-order valence-electron chi connectivity index (χ4n) is 2.66. The molecule has 4 amide bonds. The zero-order valence-corrected chi connectivity index (χ0v) is 17.6. The molecule has 0 radical (unpaired) electrons. The number of urea groups is 2. The Bertz CT molecular complexity index is 715. The number of hydrogen-bond donors (Lipinski definition) is 7. The van der Waals surface area contributed by atoms with E-state index in [0.717, 1.165) is 5.56 Å². The van der Waals surface area contributed by atoms with Crippen molar-refractivity contribution in [3.05, 3.63) is 23.8 Å². The molecule has 1 aromatic carbocycles. The van der Waals surface area contributed by atoms with E-state index in [-0.39, 0.29) is 30.7 Å². The number of phenolic OH excluding ortho intramolecular Hbond substituents is 2. The van der Waals surface area contributed by atoms with Crippen molar-refractivity contribution in [2.75, 3.05) is 33.4 Å². The first-order valence-electron chi connectivity index (χ1n) is 10.1. The molecule has 0 spiro atoms. The van der Waals surface area contributed by atoms with E-state index in [2.05, 4.69) is 21.3 Å². The van der Waals surface area contributed by atoms with Crippen molar-refractivity contribution in [1.29, 1.82) is 0 Å². The summed E-state index contributed by atoms with van der Waals surface area (Å²) in [5.41, 5.74) is 0.730. The number of ether oxygens (including phenoxy) is 1. The van der Waals surface area contributed by atoms with Crippen LogP contribution in [0.4, 0.5) is 9.59 Å². The summed E-state index contributed by atoms with van der Waals surface area (Å²) in [5.74, 6) is -1.01. The van der Waals surface area contributed by atoms with Crippen LogP contribution in [0.25, 0.3) is 0 Å². The Morgan fingerprint density at radius 2 is 1.61 bits per heavy atom. The second-order valence-electron chi connectivity index (χ2n) is 6.80. The highest BCUT2D eigenvalue weighted by molar-refractivity contribution is 5.83. The van der Waals surface area contributed by atoms with Gasteiger partial charge in [0.05, 0.1) is 7.11 Å². The van der Waals surface area contributed by atoms with Crippen LogP contribution in [-0.4, -0.2) is 72.7 Å². The molecule has 31 heavy (non-hydrogen) atoms. The first kappa shape index (κ1) is 25.8. The van der Waals surface area contributed by atoms with Gasteiger partial charge < -0.3 is 41.3 Å². The first-order chi connectivity index (χ1) is 14.9. The van der Waals surface area contributed by atoms with E-state index in [1.54, 1.807) is 6.07 Å². The van der Waals surface area contributed by atoms with Gasteiger partial charge in [-0.2, -0.15) is 0 Å². The van der Waals surface area contributed by atoms with Crippen LogP contribution in [0.3, 0.4) is 0 Å². The van der Waals surface area contributed by atoms with Gasteiger partial charge in [-0.3, -0.25) is 0 Å². The number of aliphatic hydroxyl groups is 1. The number of rotatable bonds is 13. The van der Waals surface area contributed by atoms with Crippen molar-refractivity contribution < 1.29 is 34.4 Å². The zero-order chi connectivity index (χ0) is 23.1. The molecule has 0 aliphatic carbocycles. The summed E-state index contributed by atoms with van der Waals surface area (Å²) >= 11 is 0. The third-order valence-electron chi connectivity index (χ3n) is 4.36. The largest absolute Gasteiger partial charge is 0.504 e. The maximum absolute atomic E-state index is 12.1. The highest BCUT2D eigenvalue weighted by Crippen LogP contribution is 2.24. The second-order valence-corrected chi connectivity index (χ2v) is 6.80. The van der Waals surface area contributed by atoms with Crippen molar-refractivity contribution in [2.45, 2.75) is 38.1 Å². The fraction of sp³-hybridized carbons (Fsp3) is 0.550. The number of aromatic hydroxyl groups is 2. The van der Waals surface area contributed by atoms with Gasteiger partial charge in [-0.15, -0.1) is 0 Å². The van der Waals surface area contributed by atoms with Crippen molar-refractivity contribution in [3.8, 4) is 11.5 Å². The molecule has 1 rings (SSSR count). The molecule has 11 nitrogen and oxygen atoms in total. The van der Waals surface area contributed by atoms with Crippen LogP contribution in [0, 0.1) is 0 Å². The number of methoxy groups -OCH3 is 1. The van der Waals surface area contributed by atoms with Gasteiger partial charge in [0, 0.05) is 26.2 Å². The van der Waals surface area contributed by atoms with E-state index >= 15 is 0 Å². The number of carbonyl (C=O) groups excluding carboxylic acids is 3. The van der Waals surface area contributed by atoms with E-state index in [0.29, 0.717) is 45.2 Å². The van der Waals surface area contributed by atoms with Crippen LogP contribution in [0.15, 0.2) is 18.2 Å². The Hall–Kier alpha value is -3.21. The number of nitrogens with one attached hydrogen (secondary N) is 4. The molecule has 0 saturated heterocycles. The maximum atomic E-state index is 12.1. The Labute approximate surface area is 181 Å². The second kappa shape index (κ2) is 14.7. The molecule has 11 heteroatoms. The van der Waals surface area contributed by atoms with Gasteiger partial charge in [0.15, 0.2) is 11.5 Å². The smallest absolute Gasteiger partial charge is 0.328 e. The average Bonchev–Trinajstić information content (AvgIpc) is 2.74. The molecule has 0 bridgehead atoms. The van der Waals surface area contributed by atoms with Gasteiger partial charge in [-0.25, -0.2) is 14.4 Å².